The number of hydrogen-bond acceptors (Lipinski definition) is 4. The number of halogens is 4. The lowest BCUT2D eigenvalue weighted by atomic mass is 10.1. The van der Waals surface area contributed by atoms with Crippen LogP contribution in [-0.2, 0) is 11.0 Å². The van der Waals surface area contributed by atoms with Crippen molar-refractivity contribution in [3.8, 4) is 11.3 Å². The number of anilines is 1. The summed E-state index contributed by atoms with van der Waals surface area (Å²) in [5, 5.41) is 3.09. The number of nitrogens with zero attached hydrogens (tertiary/aromatic N) is 1. The number of rotatable bonds is 5. The molecule has 0 spiro atoms. The number of alkyl halides is 3. The van der Waals surface area contributed by atoms with E-state index in [9.17, 15) is 18.0 Å². The third kappa shape index (κ3) is 5.05. The topological polar surface area (TPSA) is 55.1 Å². The fourth-order valence-corrected chi connectivity index (χ4v) is 2.95. The van der Waals surface area contributed by atoms with E-state index >= 15 is 0 Å². The van der Waals surface area contributed by atoms with Gasteiger partial charge in [-0.05, 0) is 36.4 Å². The van der Waals surface area contributed by atoms with Crippen molar-refractivity contribution in [1.29, 1.82) is 0 Å². The number of para-hydroxylation sites is 1. The predicted octanol–water partition coefficient (Wildman–Crippen LogP) is 5.74. The number of carbonyl (C=O) groups is 1. The molecule has 2 aromatic carbocycles. The lowest BCUT2D eigenvalue weighted by Gasteiger charge is -2.13. The highest BCUT2D eigenvalue weighted by Gasteiger charge is 2.33. The Morgan fingerprint density at radius 3 is 2.56 bits per heavy atom. The molecular formula is C18H12ClF3N2O2S. The van der Waals surface area contributed by atoms with Gasteiger partial charge in [-0.2, -0.15) is 13.2 Å². The van der Waals surface area contributed by atoms with Gasteiger partial charge in [0.15, 0.2) is 5.76 Å². The first-order valence-electron chi connectivity index (χ1n) is 7.63. The molecule has 0 aliphatic carbocycles. The van der Waals surface area contributed by atoms with E-state index in [2.05, 4.69) is 10.3 Å². The molecule has 1 N–H and O–H groups in total. The van der Waals surface area contributed by atoms with Crippen molar-refractivity contribution in [3.63, 3.8) is 0 Å². The minimum Gasteiger partial charge on any atom is -0.431 e. The molecule has 3 rings (SSSR count). The molecule has 1 heterocycles. The maximum atomic E-state index is 12.9. The number of oxazole rings is 1. The maximum absolute atomic E-state index is 12.9. The highest BCUT2D eigenvalue weighted by atomic mass is 35.5. The van der Waals surface area contributed by atoms with Crippen LogP contribution < -0.4 is 5.32 Å². The summed E-state index contributed by atoms with van der Waals surface area (Å²) in [6.45, 7) is 0. The summed E-state index contributed by atoms with van der Waals surface area (Å²) in [5.74, 6) is -0.243. The highest BCUT2D eigenvalue weighted by molar-refractivity contribution is 7.99. The zero-order valence-corrected chi connectivity index (χ0v) is 15.2. The van der Waals surface area contributed by atoms with Crippen LogP contribution in [0.2, 0.25) is 5.02 Å². The van der Waals surface area contributed by atoms with Crippen molar-refractivity contribution in [2.24, 2.45) is 0 Å². The Balaban J connectivity index is 1.61. The molecule has 0 saturated carbocycles. The summed E-state index contributed by atoms with van der Waals surface area (Å²) >= 11 is 6.81. The van der Waals surface area contributed by atoms with Gasteiger partial charge in [-0.1, -0.05) is 35.5 Å². The van der Waals surface area contributed by atoms with Gasteiger partial charge in [0.05, 0.1) is 23.2 Å². The van der Waals surface area contributed by atoms with Crippen molar-refractivity contribution >= 4 is 35.0 Å². The van der Waals surface area contributed by atoms with Crippen LogP contribution in [0.25, 0.3) is 11.3 Å². The molecule has 1 amide bonds. The number of benzene rings is 2. The van der Waals surface area contributed by atoms with Crippen LogP contribution in [0.5, 0.6) is 0 Å². The Morgan fingerprint density at radius 1 is 1.15 bits per heavy atom. The van der Waals surface area contributed by atoms with E-state index in [-0.39, 0.29) is 16.7 Å². The Bertz CT molecular complexity index is 942. The molecule has 9 heteroatoms. The number of amides is 1. The van der Waals surface area contributed by atoms with Crippen molar-refractivity contribution in [3.05, 3.63) is 65.3 Å². The number of aromatic nitrogens is 1. The molecule has 0 atom stereocenters. The number of carbonyl (C=O) groups excluding carboxylic acids is 1. The first-order chi connectivity index (χ1) is 12.8. The van der Waals surface area contributed by atoms with Crippen molar-refractivity contribution < 1.29 is 22.4 Å². The van der Waals surface area contributed by atoms with Gasteiger partial charge in [0, 0.05) is 10.6 Å². The van der Waals surface area contributed by atoms with Crippen LogP contribution >= 0.6 is 23.4 Å². The van der Waals surface area contributed by atoms with Crippen LogP contribution in [0.4, 0.5) is 18.9 Å². The van der Waals surface area contributed by atoms with Crippen molar-refractivity contribution in [2.45, 2.75) is 11.4 Å². The molecule has 0 aliphatic rings. The smallest absolute Gasteiger partial charge is 0.418 e. The van der Waals surface area contributed by atoms with Gasteiger partial charge in [0.1, 0.15) is 0 Å². The normalized spacial score (nSPS) is 11.4. The Morgan fingerprint density at radius 2 is 1.85 bits per heavy atom. The summed E-state index contributed by atoms with van der Waals surface area (Å²) in [5.41, 5.74) is -0.420. The summed E-state index contributed by atoms with van der Waals surface area (Å²) in [6.07, 6.45) is -3.05. The average Bonchev–Trinajstić information content (AvgIpc) is 3.09. The molecule has 0 aliphatic heterocycles. The zero-order valence-electron chi connectivity index (χ0n) is 13.6. The van der Waals surface area contributed by atoms with E-state index in [1.54, 1.807) is 24.3 Å². The third-order valence-electron chi connectivity index (χ3n) is 3.45. The van der Waals surface area contributed by atoms with E-state index in [1.165, 1.54) is 24.4 Å². The lowest BCUT2D eigenvalue weighted by Crippen LogP contribution is -2.18. The molecular weight excluding hydrogens is 401 g/mol. The summed E-state index contributed by atoms with van der Waals surface area (Å²) in [4.78, 5) is 16.0. The van der Waals surface area contributed by atoms with Crippen LogP contribution in [0.1, 0.15) is 5.56 Å². The SMILES string of the molecule is O=C(CSc1ncc(-c2ccc(Cl)cc2)o1)Nc1ccccc1C(F)(F)F. The largest absolute Gasteiger partial charge is 0.431 e. The standard InChI is InChI=1S/C18H12ClF3N2O2S/c19-12-7-5-11(6-8-12)15-9-23-17(26-15)27-10-16(25)24-14-4-2-1-3-13(14)18(20,21)22/h1-9H,10H2,(H,24,25). The molecule has 4 nitrogen and oxygen atoms in total. The van der Waals surface area contributed by atoms with Gasteiger partial charge in [-0.15, -0.1) is 0 Å². The van der Waals surface area contributed by atoms with Gasteiger partial charge in [-0.25, -0.2) is 4.98 Å². The highest BCUT2D eigenvalue weighted by Crippen LogP contribution is 2.34. The summed E-state index contributed by atoms with van der Waals surface area (Å²) < 4.78 is 44.4. The minimum absolute atomic E-state index is 0.146. The zero-order chi connectivity index (χ0) is 19.4. The first-order valence-corrected chi connectivity index (χ1v) is 9.00. The number of thioether (sulfide) groups is 1. The van der Waals surface area contributed by atoms with Crippen molar-refractivity contribution in [2.75, 3.05) is 11.1 Å². The first kappa shape index (κ1) is 19.3. The molecule has 0 unspecified atom stereocenters. The van der Waals surface area contributed by atoms with Crippen LogP contribution in [0.15, 0.2) is 64.4 Å². The van der Waals surface area contributed by atoms with E-state index < -0.39 is 17.6 Å². The molecule has 27 heavy (non-hydrogen) atoms. The summed E-state index contributed by atoms with van der Waals surface area (Å²) in [7, 11) is 0. The Hall–Kier alpha value is -2.45. The van der Waals surface area contributed by atoms with Gasteiger partial charge >= 0.3 is 6.18 Å². The molecule has 0 radical (unpaired) electrons. The van der Waals surface area contributed by atoms with Gasteiger partial charge in [-0.3, -0.25) is 4.79 Å². The quantitative estimate of drug-likeness (QED) is 0.542. The monoisotopic (exact) mass is 412 g/mol. The van der Waals surface area contributed by atoms with E-state index in [0.29, 0.717) is 10.8 Å². The molecule has 1 aromatic heterocycles. The lowest BCUT2D eigenvalue weighted by molar-refractivity contribution is -0.137. The van der Waals surface area contributed by atoms with Gasteiger partial charge in [0.2, 0.25) is 5.91 Å². The maximum Gasteiger partial charge on any atom is 0.418 e. The van der Waals surface area contributed by atoms with Crippen molar-refractivity contribution in [1.82, 2.24) is 4.98 Å². The van der Waals surface area contributed by atoms with Crippen LogP contribution in [0.3, 0.4) is 0 Å². The molecule has 3 aromatic rings. The van der Waals surface area contributed by atoms with E-state index in [4.69, 9.17) is 16.0 Å². The number of nitrogens with one attached hydrogen (secondary N) is 1. The van der Waals surface area contributed by atoms with E-state index in [0.717, 1.165) is 23.4 Å². The molecule has 0 fully saturated rings. The second-order valence-electron chi connectivity index (χ2n) is 5.38. The third-order valence-corrected chi connectivity index (χ3v) is 4.54. The van der Waals surface area contributed by atoms with Crippen LogP contribution in [-0.4, -0.2) is 16.6 Å². The number of hydrogen-bond donors (Lipinski definition) is 1. The fraction of sp³-hybridized carbons (Fsp3) is 0.111. The molecule has 0 bridgehead atoms. The Kier molecular flexibility index (Phi) is 5.76. The predicted molar refractivity (Wildman–Crippen MR) is 97.7 cm³/mol. The average molecular weight is 413 g/mol. The van der Waals surface area contributed by atoms with Gasteiger partial charge < -0.3 is 9.73 Å². The Labute approximate surface area is 161 Å². The van der Waals surface area contributed by atoms with E-state index in [1.807, 2.05) is 0 Å². The molecule has 0 saturated heterocycles. The summed E-state index contributed by atoms with van der Waals surface area (Å²) in [6, 6.07) is 11.7. The molecule has 140 valence electrons. The second-order valence-corrected chi connectivity index (χ2v) is 6.74. The van der Waals surface area contributed by atoms with Gasteiger partial charge in [0.25, 0.3) is 5.22 Å². The second kappa shape index (κ2) is 8.06. The fourth-order valence-electron chi connectivity index (χ4n) is 2.23. The minimum atomic E-state index is -4.55. The van der Waals surface area contributed by atoms with Crippen LogP contribution in [0, 0.1) is 0 Å².